The summed E-state index contributed by atoms with van der Waals surface area (Å²) in [5.41, 5.74) is 1.46. The first-order valence-corrected chi connectivity index (χ1v) is 8.59. The van der Waals surface area contributed by atoms with Crippen LogP contribution in [0.3, 0.4) is 0 Å². The van der Waals surface area contributed by atoms with Gasteiger partial charge in [0.15, 0.2) is 12.3 Å². The van der Waals surface area contributed by atoms with Gasteiger partial charge in [-0.05, 0) is 31.0 Å². The van der Waals surface area contributed by atoms with Crippen LogP contribution in [0, 0.1) is 0 Å². The van der Waals surface area contributed by atoms with Crippen LogP contribution in [0.5, 0.6) is 0 Å². The maximum absolute atomic E-state index is 12.3. The zero-order chi connectivity index (χ0) is 18.2. The fraction of sp³-hybridized carbons (Fsp3) is 0.412. The van der Waals surface area contributed by atoms with E-state index in [1.807, 2.05) is 19.9 Å². The number of carbonyl (C=O) groups is 2. The van der Waals surface area contributed by atoms with Crippen LogP contribution in [0.2, 0.25) is 5.02 Å². The van der Waals surface area contributed by atoms with E-state index in [-0.39, 0.29) is 18.2 Å². The van der Waals surface area contributed by atoms with Gasteiger partial charge in [0.2, 0.25) is 0 Å². The lowest BCUT2D eigenvalue weighted by molar-refractivity contribution is -0.124. The van der Waals surface area contributed by atoms with Crippen LogP contribution >= 0.6 is 11.6 Å². The average Bonchev–Trinajstić information content (AvgIpc) is 3.02. The summed E-state index contributed by atoms with van der Waals surface area (Å²) in [5.74, 6) is -1.00. The van der Waals surface area contributed by atoms with E-state index in [9.17, 15) is 9.59 Å². The van der Waals surface area contributed by atoms with E-state index in [1.165, 1.54) is 0 Å². The topological polar surface area (TPSA) is 86.1 Å². The van der Waals surface area contributed by atoms with Gasteiger partial charge in [0.25, 0.3) is 5.91 Å². The van der Waals surface area contributed by atoms with Crippen molar-refractivity contribution in [1.82, 2.24) is 20.3 Å². The molecule has 25 heavy (non-hydrogen) atoms. The number of rotatable bonds is 8. The molecule has 1 aromatic carbocycles. The van der Waals surface area contributed by atoms with Gasteiger partial charge < -0.3 is 10.1 Å². The molecule has 1 amide bonds. The lowest BCUT2D eigenvalue weighted by Crippen LogP contribution is -2.29. The van der Waals surface area contributed by atoms with Crippen molar-refractivity contribution in [2.45, 2.75) is 33.1 Å². The highest BCUT2D eigenvalue weighted by Gasteiger charge is 2.22. The molecule has 0 atom stereocenters. The fourth-order valence-corrected chi connectivity index (χ4v) is 2.44. The molecule has 2 rings (SSSR count). The van der Waals surface area contributed by atoms with Crippen LogP contribution in [0.15, 0.2) is 24.3 Å². The Morgan fingerprint density at radius 3 is 2.76 bits per heavy atom. The Hall–Kier alpha value is -2.41. The summed E-state index contributed by atoms with van der Waals surface area (Å²) in [7, 11) is 0. The van der Waals surface area contributed by atoms with Crippen LogP contribution in [0.1, 0.15) is 42.9 Å². The first-order chi connectivity index (χ1) is 12.1. The van der Waals surface area contributed by atoms with E-state index in [4.69, 9.17) is 16.3 Å². The van der Waals surface area contributed by atoms with E-state index in [0.717, 1.165) is 12.8 Å². The van der Waals surface area contributed by atoms with Gasteiger partial charge in [-0.3, -0.25) is 4.79 Å². The molecule has 1 N–H and O–H groups in total. The summed E-state index contributed by atoms with van der Waals surface area (Å²) >= 11 is 6.02. The maximum Gasteiger partial charge on any atom is 0.361 e. The third-order valence-electron chi connectivity index (χ3n) is 3.40. The second kappa shape index (κ2) is 9.17. The summed E-state index contributed by atoms with van der Waals surface area (Å²) < 4.78 is 6.63. The first kappa shape index (κ1) is 18.9. The Bertz CT molecular complexity index is 745. The second-order valence-corrected chi connectivity index (χ2v) is 5.89. The molecule has 8 heteroatoms. The fourth-order valence-electron chi connectivity index (χ4n) is 2.25. The lowest BCUT2D eigenvalue weighted by atomic mass is 10.2. The molecule has 0 fully saturated rings. The Morgan fingerprint density at radius 2 is 2.08 bits per heavy atom. The van der Waals surface area contributed by atoms with E-state index >= 15 is 0 Å². The zero-order valence-corrected chi connectivity index (χ0v) is 15.0. The van der Waals surface area contributed by atoms with Crippen LogP contribution in [0.25, 0.3) is 5.69 Å². The summed E-state index contributed by atoms with van der Waals surface area (Å²) in [6.45, 7) is 4.14. The standard InChI is InChI=1S/C17H21ClN4O3/c1-3-6-14-16(17(24)25-11-15(23)19-9-4-2)20-21-22(14)13-8-5-7-12(18)10-13/h5,7-8,10H,3-4,6,9,11H2,1-2H3,(H,19,23). The lowest BCUT2D eigenvalue weighted by Gasteiger charge is -2.08. The van der Waals surface area contributed by atoms with Gasteiger partial charge in [-0.25, -0.2) is 9.48 Å². The number of halogens is 1. The predicted molar refractivity (Wildman–Crippen MR) is 93.9 cm³/mol. The largest absolute Gasteiger partial charge is 0.451 e. The van der Waals surface area contributed by atoms with E-state index < -0.39 is 5.97 Å². The number of carbonyl (C=O) groups excluding carboxylic acids is 2. The van der Waals surface area contributed by atoms with Crippen LogP contribution in [0.4, 0.5) is 0 Å². The van der Waals surface area contributed by atoms with Crippen molar-refractivity contribution in [3.8, 4) is 5.69 Å². The van der Waals surface area contributed by atoms with Gasteiger partial charge >= 0.3 is 5.97 Å². The van der Waals surface area contributed by atoms with Crippen molar-refractivity contribution in [3.05, 3.63) is 40.7 Å². The third kappa shape index (κ3) is 5.03. The first-order valence-electron chi connectivity index (χ1n) is 8.21. The molecule has 0 aliphatic rings. The Labute approximate surface area is 151 Å². The van der Waals surface area contributed by atoms with Crippen LogP contribution in [-0.2, 0) is 16.0 Å². The minimum Gasteiger partial charge on any atom is -0.451 e. The number of amides is 1. The molecule has 0 unspecified atom stereocenters. The number of nitrogens with one attached hydrogen (secondary N) is 1. The smallest absolute Gasteiger partial charge is 0.361 e. The number of hydrogen-bond acceptors (Lipinski definition) is 5. The number of ether oxygens (including phenoxy) is 1. The van der Waals surface area contributed by atoms with Gasteiger partial charge in [0, 0.05) is 11.6 Å². The molecule has 7 nitrogen and oxygen atoms in total. The quantitative estimate of drug-likeness (QED) is 0.727. The molecule has 0 aliphatic carbocycles. The van der Waals surface area contributed by atoms with Gasteiger partial charge in [-0.1, -0.05) is 43.1 Å². The number of hydrogen-bond donors (Lipinski definition) is 1. The SMILES string of the molecule is CCCNC(=O)COC(=O)c1nnn(-c2cccc(Cl)c2)c1CCC. The monoisotopic (exact) mass is 364 g/mol. The second-order valence-electron chi connectivity index (χ2n) is 5.45. The zero-order valence-electron chi connectivity index (χ0n) is 14.3. The minimum atomic E-state index is -0.664. The Kier molecular flexibility index (Phi) is 6.94. The molecule has 134 valence electrons. The molecule has 0 saturated carbocycles. The molecular weight excluding hydrogens is 344 g/mol. The van der Waals surface area contributed by atoms with Crippen molar-refractivity contribution in [3.63, 3.8) is 0 Å². The Morgan fingerprint density at radius 1 is 1.28 bits per heavy atom. The van der Waals surface area contributed by atoms with Crippen molar-refractivity contribution in [2.24, 2.45) is 0 Å². The molecule has 0 saturated heterocycles. The van der Waals surface area contributed by atoms with Crippen LogP contribution in [-0.4, -0.2) is 40.0 Å². The van der Waals surface area contributed by atoms with Crippen molar-refractivity contribution >= 4 is 23.5 Å². The van der Waals surface area contributed by atoms with E-state index in [1.54, 1.807) is 22.9 Å². The molecule has 0 radical (unpaired) electrons. The van der Waals surface area contributed by atoms with E-state index in [0.29, 0.717) is 29.4 Å². The molecule has 0 aliphatic heterocycles. The van der Waals surface area contributed by atoms with Gasteiger partial charge in [-0.2, -0.15) is 0 Å². The van der Waals surface area contributed by atoms with E-state index in [2.05, 4.69) is 15.6 Å². The minimum absolute atomic E-state index is 0.116. The highest BCUT2D eigenvalue weighted by Crippen LogP contribution is 2.19. The number of esters is 1. The van der Waals surface area contributed by atoms with Gasteiger partial charge in [0.1, 0.15) is 0 Å². The number of aromatic nitrogens is 3. The van der Waals surface area contributed by atoms with Gasteiger partial charge in [-0.15, -0.1) is 5.10 Å². The van der Waals surface area contributed by atoms with Crippen molar-refractivity contribution in [2.75, 3.05) is 13.2 Å². The Balaban J connectivity index is 2.18. The maximum atomic E-state index is 12.3. The molecule has 1 aromatic heterocycles. The van der Waals surface area contributed by atoms with Crippen molar-refractivity contribution < 1.29 is 14.3 Å². The molecule has 2 aromatic rings. The molecular formula is C17H21ClN4O3. The number of benzene rings is 1. The predicted octanol–water partition coefficient (Wildman–Crippen LogP) is 2.56. The normalized spacial score (nSPS) is 10.5. The summed E-state index contributed by atoms with van der Waals surface area (Å²) in [5, 5.41) is 11.2. The summed E-state index contributed by atoms with van der Waals surface area (Å²) in [6.07, 6.45) is 2.20. The number of nitrogens with zero attached hydrogens (tertiary/aromatic N) is 3. The van der Waals surface area contributed by atoms with Crippen LogP contribution < -0.4 is 5.32 Å². The molecule has 0 spiro atoms. The summed E-state index contributed by atoms with van der Waals surface area (Å²) in [6, 6.07) is 7.12. The van der Waals surface area contributed by atoms with Gasteiger partial charge in [0.05, 0.1) is 11.4 Å². The van der Waals surface area contributed by atoms with Crippen molar-refractivity contribution in [1.29, 1.82) is 0 Å². The average molecular weight is 365 g/mol. The molecule has 1 heterocycles. The third-order valence-corrected chi connectivity index (χ3v) is 3.64. The highest BCUT2D eigenvalue weighted by atomic mass is 35.5. The summed E-state index contributed by atoms with van der Waals surface area (Å²) in [4.78, 5) is 23.9. The molecule has 0 bridgehead atoms. The highest BCUT2D eigenvalue weighted by molar-refractivity contribution is 6.30.